The molecule has 0 saturated heterocycles. The third-order valence-electron chi connectivity index (χ3n) is 2.27. The zero-order valence-corrected chi connectivity index (χ0v) is 7.78. The van der Waals surface area contributed by atoms with E-state index in [2.05, 4.69) is 11.1 Å². The Morgan fingerprint density at radius 3 is 2.93 bits per heavy atom. The molecule has 14 heavy (non-hydrogen) atoms. The van der Waals surface area contributed by atoms with E-state index in [0.29, 0.717) is 11.4 Å². The Hall–Kier alpha value is -2.08. The van der Waals surface area contributed by atoms with Crippen LogP contribution < -0.4 is 5.73 Å². The summed E-state index contributed by atoms with van der Waals surface area (Å²) in [5.41, 5.74) is 7.35. The standard InChI is InChI=1S/C11H9N3/c1-7-3-2-4-9-10(7)8(5-12)6-14-11(9)13/h2-4,6H,1H3,(H2,13,14). The van der Waals surface area contributed by atoms with Crippen LogP contribution in [-0.2, 0) is 0 Å². The number of nitrogen functional groups attached to an aromatic ring is 1. The number of aryl methyl sites for hydroxylation is 1. The molecule has 0 unspecified atom stereocenters. The molecule has 1 heterocycles. The van der Waals surface area contributed by atoms with Gasteiger partial charge in [0.05, 0.1) is 5.56 Å². The minimum atomic E-state index is 0.475. The van der Waals surface area contributed by atoms with Gasteiger partial charge in [-0.1, -0.05) is 18.2 Å². The van der Waals surface area contributed by atoms with Crippen molar-refractivity contribution in [3.63, 3.8) is 0 Å². The average Bonchev–Trinajstić information content (AvgIpc) is 2.20. The third-order valence-corrected chi connectivity index (χ3v) is 2.27. The molecule has 3 heteroatoms. The van der Waals surface area contributed by atoms with Crippen LogP contribution in [0.5, 0.6) is 0 Å². The number of nitriles is 1. The first-order valence-corrected chi connectivity index (χ1v) is 4.28. The van der Waals surface area contributed by atoms with Gasteiger partial charge in [-0.15, -0.1) is 0 Å². The molecule has 0 aliphatic heterocycles. The fourth-order valence-electron chi connectivity index (χ4n) is 1.59. The normalized spacial score (nSPS) is 10.0. The number of nitrogens with two attached hydrogens (primary N) is 1. The lowest BCUT2D eigenvalue weighted by atomic mass is 10.0. The van der Waals surface area contributed by atoms with Crippen molar-refractivity contribution in [2.75, 3.05) is 5.73 Å². The van der Waals surface area contributed by atoms with Gasteiger partial charge in [0.25, 0.3) is 0 Å². The molecule has 0 radical (unpaired) electrons. The maximum Gasteiger partial charge on any atom is 0.131 e. The van der Waals surface area contributed by atoms with Crippen molar-refractivity contribution in [2.24, 2.45) is 0 Å². The molecule has 0 aliphatic carbocycles. The van der Waals surface area contributed by atoms with Gasteiger partial charge in [-0.25, -0.2) is 4.98 Å². The summed E-state index contributed by atoms with van der Waals surface area (Å²) in [4.78, 5) is 3.97. The number of aromatic nitrogens is 1. The first-order chi connectivity index (χ1) is 6.74. The summed E-state index contributed by atoms with van der Waals surface area (Å²) in [5.74, 6) is 0.475. The van der Waals surface area contributed by atoms with Crippen molar-refractivity contribution < 1.29 is 0 Å². The van der Waals surface area contributed by atoms with Gasteiger partial charge >= 0.3 is 0 Å². The fraction of sp³-hybridized carbons (Fsp3) is 0.0909. The van der Waals surface area contributed by atoms with Crippen LogP contribution >= 0.6 is 0 Å². The topological polar surface area (TPSA) is 62.7 Å². The second-order valence-electron chi connectivity index (χ2n) is 3.17. The van der Waals surface area contributed by atoms with Crippen LogP contribution in [0.15, 0.2) is 24.4 Å². The fourth-order valence-corrected chi connectivity index (χ4v) is 1.59. The number of hydrogen-bond acceptors (Lipinski definition) is 3. The highest BCUT2D eigenvalue weighted by atomic mass is 14.8. The van der Waals surface area contributed by atoms with E-state index in [1.165, 1.54) is 6.20 Å². The number of fused-ring (bicyclic) bond motifs is 1. The molecule has 2 rings (SSSR count). The van der Waals surface area contributed by atoms with Gasteiger partial charge in [-0.05, 0) is 12.5 Å². The minimum absolute atomic E-state index is 0.475. The van der Waals surface area contributed by atoms with Crippen LogP contribution in [0.4, 0.5) is 5.82 Å². The first-order valence-electron chi connectivity index (χ1n) is 4.28. The monoisotopic (exact) mass is 183 g/mol. The van der Waals surface area contributed by atoms with E-state index in [4.69, 9.17) is 11.0 Å². The molecule has 0 spiro atoms. The lowest BCUT2D eigenvalue weighted by Gasteiger charge is -2.05. The zero-order chi connectivity index (χ0) is 10.1. The number of nitrogens with zero attached hydrogens (tertiary/aromatic N) is 2. The zero-order valence-electron chi connectivity index (χ0n) is 7.78. The van der Waals surface area contributed by atoms with E-state index in [-0.39, 0.29) is 0 Å². The number of hydrogen-bond donors (Lipinski definition) is 1. The summed E-state index contributed by atoms with van der Waals surface area (Å²) in [6.07, 6.45) is 1.52. The van der Waals surface area contributed by atoms with Crippen LogP contribution in [0.3, 0.4) is 0 Å². The summed E-state index contributed by atoms with van der Waals surface area (Å²) in [7, 11) is 0. The highest BCUT2D eigenvalue weighted by Gasteiger charge is 2.06. The first kappa shape index (κ1) is 8.52. The maximum atomic E-state index is 8.92. The van der Waals surface area contributed by atoms with E-state index < -0.39 is 0 Å². The van der Waals surface area contributed by atoms with Crippen LogP contribution in [0.25, 0.3) is 10.8 Å². The van der Waals surface area contributed by atoms with Crippen molar-refractivity contribution in [1.82, 2.24) is 4.98 Å². The summed E-state index contributed by atoms with van der Waals surface area (Å²) < 4.78 is 0. The van der Waals surface area contributed by atoms with E-state index in [1.54, 1.807) is 0 Å². The Balaban J connectivity index is 3.01. The van der Waals surface area contributed by atoms with E-state index in [9.17, 15) is 0 Å². The van der Waals surface area contributed by atoms with Crippen molar-refractivity contribution >= 4 is 16.6 Å². The van der Waals surface area contributed by atoms with Crippen LogP contribution in [0, 0.1) is 18.3 Å². The number of anilines is 1. The van der Waals surface area contributed by atoms with E-state index in [0.717, 1.165) is 16.3 Å². The molecule has 0 saturated carbocycles. The summed E-state index contributed by atoms with van der Waals surface area (Å²) in [6.45, 7) is 1.96. The predicted octanol–water partition coefficient (Wildman–Crippen LogP) is 2.00. The Labute approximate surface area is 81.8 Å². The van der Waals surface area contributed by atoms with Gasteiger partial charge in [0.15, 0.2) is 0 Å². The molecule has 2 aromatic rings. The molecule has 0 aliphatic rings. The molecule has 0 fully saturated rings. The van der Waals surface area contributed by atoms with Crippen molar-refractivity contribution in [1.29, 1.82) is 5.26 Å². The van der Waals surface area contributed by atoms with Gasteiger partial charge in [-0.2, -0.15) is 5.26 Å². The summed E-state index contributed by atoms with van der Waals surface area (Å²) in [6, 6.07) is 7.87. The molecule has 1 aromatic heterocycles. The van der Waals surface area contributed by atoms with Crippen molar-refractivity contribution in [2.45, 2.75) is 6.92 Å². The Kier molecular flexibility index (Phi) is 1.83. The summed E-state index contributed by atoms with van der Waals surface area (Å²) >= 11 is 0. The molecule has 3 nitrogen and oxygen atoms in total. The molecule has 68 valence electrons. The second-order valence-corrected chi connectivity index (χ2v) is 3.17. The van der Waals surface area contributed by atoms with Crippen molar-refractivity contribution in [3.05, 3.63) is 35.5 Å². The van der Waals surface area contributed by atoms with Crippen LogP contribution in [0.1, 0.15) is 11.1 Å². The number of rotatable bonds is 0. The highest BCUT2D eigenvalue weighted by molar-refractivity contribution is 5.96. The third kappa shape index (κ3) is 1.09. The number of benzene rings is 1. The van der Waals surface area contributed by atoms with Crippen LogP contribution in [-0.4, -0.2) is 4.98 Å². The molecular weight excluding hydrogens is 174 g/mol. The predicted molar refractivity (Wildman–Crippen MR) is 55.6 cm³/mol. The van der Waals surface area contributed by atoms with E-state index in [1.807, 2.05) is 25.1 Å². The van der Waals surface area contributed by atoms with Crippen molar-refractivity contribution in [3.8, 4) is 6.07 Å². The highest BCUT2D eigenvalue weighted by Crippen LogP contribution is 2.24. The Morgan fingerprint density at radius 1 is 1.43 bits per heavy atom. The van der Waals surface area contributed by atoms with E-state index >= 15 is 0 Å². The molecule has 1 aromatic carbocycles. The molecular formula is C11H9N3. The maximum absolute atomic E-state index is 8.92. The van der Waals surface area contributed by atoms with Crippen LogP contribution in [0.2, 0.25) is 0 Å². The smallest absolute Gasteiger partial charge is 0.131 e. The number of pyridine rings is 1. The molecule has 0 atom stereocenters. The van der Waals surface area contributed by atoms with Gasteiger partial charge in [0, 0.05) is 17.0 Å². The SMILES string of the molecule is Cc1cccc2c(N)ncc(C#N)c12. The summed E-state index contributed by atoms with van der Waals surface area (Å²) in [5, 5.41) is 10.7. The minimum Gasteiger partial charge on any atom is -0.383 e. The lowest BCUT2D eigenvalue weighted by Crippen LogP contribution is -1.94. The van der Waals surface area contributed by atoms with Gasteiger partial charge in [0.2, 0.25) is 0 Å². The quantitative estimate of drug-likeness (QED) is 0.679. The molecule has 0 bridgehead atoms. The Morgan fingerprint density at radius 2 is 2.21 bits per heavy atom. The van der Waals surface area contributed by atoms with Gasteiger partial charge < -0.3 is 5.73 Å². The van der Waals surface area contributed by atoms with Gasteiger partial charge in [0.1, 0.15) is 11.9 Å². The molecule has 2 N–H and O–H groups in total. The van der Waals surface area contributed by atoms with Gasteiger partial charge in [-0.3, -0.25) is 0 Å². The largest absolute Gasteiger partial charge is 0.383 e. The Bertz CT molecular complexity index is 538. The molecule has 0 amide bonds. The average molecular weight is 183 g/mol. The second kappa shape index (κ2) is 3.00. The lowest BCUT2D eigenvalue weighted by molar-refractivity contribution is 1.33.